The maximum absolute atomic E-state index is 11.9. The molecule has 1 heterocycles. The number of ether oxygens (including phenoxy) is 1. The number of rotatable bonds is 5. The number of Topliss-reactive ketones (excluding diaryl/α,β-unsaturated/α-hetero) is 1. The number of halogens is 1. The summed E-state index contributed by atoms with van der Waals surface area (Å²) in [4.78, 5) is 15.8. The van der Waals surface area contributed by atoms with Crippen LogP contribution in [0.2, 0.25) is 4.34 Å². The third-order valence-electron chi connectivity index (χ3n) is 1.98. The molecule has 0 bridgehead atoms. The highest BCUT2D eigenvalue weighted by molar-refractivity contribution is 7.17. The molecule has 94 valence electrons. The Morgan fingerprint density at radius 3 is 2.88 bits per heavy atom. The van der Waals surface area contributed by atoms with Gasteiger partial charge >= 0.3 is 0 Å². The van der Waals surface area contributed by atoms with Crippen LogP contribution < -0.4 is 5.32 Å². The monoisotopic (exact) mass is 276 g/mol. The van der Waals surface area contributed by atoms with E-state index in [1.165, 1.54) is 7.11 Å². The molecular weight excluding hydrogens is 264 g/mol. The molecule has 1 rings (SSSR count). The van der Waals surface area contributed by atoms with E-state index in [4.69, 9.17) is 16.3 Å². The van der Waals surface area contributed by atoms with Crippen molar-refractivity contribution in [3.05, 3.63) is 26.8 Å². The molecule has 0 amide bonds. The van der Waals surface area contributed by atoms with Crippen LogP contribution in [0, 0.1) is 0 Å². The first-order valence-electron chi connectivity index (χ1n) is 4.77. The molecule has 1 atom stereocenters. The van der Waals surface area contributed by atoms with Crippen LogP contribution in [0.4, 0.5) is 0 Å². The first kappa shape index (κ1) is 14.1. The molecule has 5 nitrogen and oxygen atoms in total. The molecule has 0 radical (unpaired) electrons. The third-order valence-corrected chi connectivity index (χ3v) is 3.26. The molecule has 17 heavy (non-hydrogen) atoms. The van der Waals surface area contributed by atoms with Gasteiger partial charge in [-0.15, -0.1) is 0 Å². The number of carbonyl (C=O) groups is 1. The number of nitrogens with one attached hydrogen (secondary N) is 1. The summed E-state index contributed by atoms with van der Waals surface area (Å²) in [6, 6.07) is 0. The van der Waals surface area contributed by atoms with Crippen LogP contribution >= 0.6 is 22.9 Å². The second-order valence-electron chi connectivity index (χ2n) is 3.21. The lowest BCUT2D eigenvalue weighted by Crippen LogP contribution is -2.06. The van der Waals surface area contributed by atoms with E-state index in [2.05, 4.69) is 10.3 Å². The van der Waals surface area contributed by atoms with Crippen LogP contribution in [0.5, 0.6) is 0 Å². The number of aromatic nitrogens is 1. The minimum absolute atomic E-state index is 0.166. The number of aliphatic hydroxyl groups is 1. The van der Waals surface area contributed by atoms with Crippen molar-refractivity contribution in [2.45, 2.75) is 13.2 Å². The average molecular weight is 277 g/mol. The first-order chi connectivity index (χ1) is 8.01. The van der Waals surface area contributed by atoms with E-state index in [0.29, 0.717) is 5.57 Å². The molecule has 0 aliphatic rings. The zero-order valence-electron chi connectivity index (χ0n) is 9.65. The Morgan fingerprint density at radius 1 is 1.71 bits per heavy atom. The van der Waals surface area contributed by atoms with Crippen molar-refractivity contribution in [2.24, 2.45) is 0 Å². The number of methoxy groups -OCH3 is 1. The van der Waals surface area contributed by atoms with Gasteiger partial charge in [-0.2, -0.15) is 0 Å². The fraction of sp³-hybridized carbons (Fsp3) is 0.400. The number of carbonyl (C=O) groups excluding carboxylic acids is 1. The van der Waals surface area contributed by atoms with Crippen molar-refractivity contribution in [1.29, 1.82) is 0 Å². The Kier molecular flexibility index (Phi) is 5.07. The smallest absolute Gasteiger partial charge is 0.218 e. The molecule has 0 aliphatic carbocycles. The van der Waals surface area contributed by atoms with Crippen molar-refractivity contribution in [3.63, 3.8) is 0 Å². The highest BCUT2D eigenvalue weighted by Crippen LogP contribution is 2.30. The van der Waals surface area contributed by atoms with Gasteiger partial charge in [-0.25, -0.2) is 4.98 Å². The summed E-state index contributed by atoms with van der Waals surface area (Å²) in [6.45, 7) is 1.67. The van der Waals surface area contributed by atoms with Gasteiger partial charge in [-0.1, -0.05) is 22.9 Å². The van der Waals surface area contributed by atoms with Gasteiger partial charge in [-0.05, 0) is 6.92 Å². The molecule has 1 aromatic heterocycles. The Morgan fingerprint density at radius 2 is 2.35 bits per heavy atom. The third kappa shape index (κ3) is 3.26. The number of ketones is 1. The molecule has 0 spiro atoms. The van der Waals surface area contributed by atoms with E-state index >= 15 is 0 Å². The summed E-state index contributed by atoms with van der Waals surface area (Å²) in [5.74, 6) is -0.235. The van der Waals surface area contributed by atoms with Gasteiger partial charge in [0.25, 0.3) is 0 Å². The molecule has 0 aromatic carbocycles. The van der Waals surface area contributed by atoms with Crippen LogP contribution in [-0.4, -0.2) is 30.0 Å². The molecule has 0 fully saturated rings. The van der Waals surface area contributed by atoms with Crippen LogP contribution in [0.1, 0.15) is 28.7 Å². The van der Waals surface area contributed by atoms with E-state index in [9.17, 15) is 9.90 Å². The fourth-order valence-electron chi connectivity index (χ4n) is 1.13. The predicted octanol–water partition coefficient (Wildman–Crippen LogP) is 1.74. The Balaban J connectivity index is 3.01. The summed E-state index contributed by atoms with van der Waals surface area (Å²) in [7, 11) is 3.03. The minimum Gasteiger partial charge on any atom is -0.394 e. The van der Waals surface area contributed by atoms with Gasteiger partial charge in [0, 0.05) is 25.9 Å². The maximum atomic E-state index is 11.9. The van der Waals surface area contributed by atoms with E-state index < -0.39 is 6.29 Å². The summed E-state index contributed by atoms with van der Waals surface area (Å²) < 4.78 is 4.95. The first-order valence-corrected chi connectivity index (χ1v) is 5.96. The Hall–Kier alpha value is -0.950. The quantitative estimate of drug-likeness (QED) is 0.487. The molecule has 1 aromatic rings. The van der Waals surface area contributed by atoms with E-state index in [1.54, 1.807) is 20.2 Å². The fourth-order valence-corrected chi connectivity index (χ4v) is 2.30. The van der Waals surface area contributed by atoms with Crippen molar-refractivity contribution < 1.29 is 14.6 Å². The number of hydrogen-bond acceptors (Lipinski definition) is 6. The molecule has 2 N–H and O–H groups in total. The van der Waals surface area contributed by atoms with Gasteiger partial charge in [0.2, 0.25) is 12.1 Å². The number of aliphatic hydroxyl groups excluding tert-OH is 1. The zero-order valence-corrected chi connectivity index (χ0v) is 11.2. The summed E-state index contributed by atoms with van der Waals surface area (Å²) in [6.07, 6.45) is 0.359. The lowest BCUT2D eigenvalue weighted by Gasteiger charge is -2.04. The van der Waals surface area contributed by atoms with Gasteiger partial charge in [0.05, 0.1) is 0 Å². The summed E-state index contributed by atoms with van der Waals surface area (Å²) in [5, 5.41) is 12.4. The molecule has 7 heteroatoms. The number of allylic oxidation sites excluding steroid dienone is 1. The lowest BCUT2D eigenvalue weighted by molar-refractivity contribution is -0.0794. The van der Waals surface area contributed by atoms with Crippen molar-refractivity contribution in [2.75, 3.05) is 14.2 Å². The highest BCUT2D eigenvalue weighted by atomic mass is 35.5. The molecule has 0 aliphatic heterocycles. The van der Waals surface area contributed by atoms with E-state index in [0.717, 1.165) is 11.3 Å². The number of hydrogen-bond donors (Lipinski definition) is 2. The average Bonchev–Trinajstić information content (AvgIpc) is 2.69. The van der Waals surface area contributed by atoms with Crippen LogP contribution in [-0.2, 0) is 4.74 Å². The van der Waals surface area contributed by atoms with Gasteiger partial charge in [0.1, 0.15) is 10.0 Å². The minimum atomic E-state index is -1.21. The lowest BCUT2D eigenvalue weighted by atomic mass is 10.2. The SMILES string of the molecule is CN/C=C(\C)C(=O)c1nc(C(O)OC)c(Cl)s1. The van der Waals surface area contributed by atoms with E-state index in [1.807, 2.05) is 0 Å². The van der Waals surface area contributed by atoms with Crippen LogP contribution in [0.25, 0.3) is 0 Å². The van der Waals surface area contributed by atoms with Crippen molar-refractivity contribution >= 4 is 28.7 Å². The van der Waals surface area contributed by atoms with Crippen LogP contribution in [0.15, 0.2) is 11.8 Å². The van der Waals surface area contributed by atoms with Crippen molar-refractivity contribution in [3.8, 4) is 0 Å². The molecular formula is C10H13ClN2O3S. The largest absolute Gasteiger partial charge is 0.394 e. The highest BCUT2D eigenvalue weighted by Gasteiger charge is 2.21. The van der Waals surface area contributed by atoms with Crippen molar-refractivity contribution in [1.82, 2.24) is 10.3 Å². The molecule has 0 saturated heterocycles. The zero-order chi connectivity index (χ0) is 13.0. The van der Waals surface area contributed by atoms with Gasteiger partial charge in [-0.3, -0.25) is 4.79 Å². The van der Waals surface area contributed by atoms with Gasteiger partial charge < -0.3 is 15.2 Å². The normalized spacial score (nSPS) is 13.6. The maximum Gasteiger partial charge on any atom is 0.218 e. The summed E-state index contributed by atoms with van der Waals surface area (Å²) in [5.41, 5.74) is 0.677. The summed E-state index contributed by atoms with van der Waals surface area (Å²) >= 11 is 6.89. The predicted molar refractivity (Wildman–Crippen MR) is 66.2 cm³/mol. The van der Waals surface area contributed by atoms with Crippen LogP contribution in [0.3, 0.4) is 0 Å². The second-order valence-corrected chi connectivity index (χ2v) is 4.81. The van der Waals surface area contributed by atoms with E-state index in [-0.39, 0.29) is 20.8 Å². The second kappa shape index (κ2) is 6.11. The Bertz CT molecular complexity index is 445. The number of nitrogens with zero attached hydrogens (tertiary/aromatic N) is 1. The molecule has 1 unspecified atom stereocenters. The topological polar surface area (TPSA) is 71.5 Å². The standard InChI is InChI=1S/C10H13ClN2O3S/c1-5(4-12-2)7(14)9-13-6(8(11)17-9)10(15)16-3/h4,10,12,15H,1-3H3/b5-4+. The van der Waals surface area contributed by atoms with Gasteiger partial charge in [0.15, 0.2) is 5.01 Å². The Labute approximate surface area is 108 Å². The molecule has 0 saturated carbocycles. The number of thiazole rings is 1.